The molecule has 0 saturated carbocycles. The van der Waals surface area contributed by atoms with Crippen molar-refractivity contribution in [2.75, 3.05) is 20.2 Å². The molecule has 0 amide bonds. The fourth-order valence-electron chi connectivity index (χ4n) is 2.00. The van der Waals surface area contributed by atoms with Crippen LogP contribution in [0.5, 0.6) is 0 Å². The van der Waals surface area contributed by atoms with E-state index in [1.807, 2.05) is 13.8 Å². The SMILES string of the molecule is CCNC(=NCc1cccc(COC(C)(C)C)c1)NCC(C)(C)OC.I. The molecule has 0 bridgehead atoms. The van der Waals surface area contributed by atoms with E-state index in [4.69, 9.17) is 9.47 Å². The molecule has 1 rings (SSSR count). The first kappa shape index (κ1) is 25.1. The van der Waals surface area contributed by atoms with Crippen LogP contribution >= 0.6 is 24.0 Å². The average molecular weight is 477 g/mol. The van der Waals surface area contributed by atoms with Crippen LogP contribution in [0.3, 0.4) is 0 Å². The van der Waals surface area contributed by atoms with Gasteiger partial charge in [0.1, 0.15) is 0 Å². The Labute approximate surface area is 176 Å². The maximum absolute atomic E-state index is 5.85. The van der Waals surface area contributed by atoms with E-state index in [1.165, 1.54) is 11.1 Å². The van der Waals surface area contributed by atoms with Crippen LogP contribution in [-0.2, 0) is 22.6 Å². The van der Waals surface area contributed by atoms with Crippen molar-refractivity contribution in [1.82, 2.24) is 10.6 Å². The van der Waals surface area contributed by atoms with Gasteiger partial charge in [-0.15, -0.1) is 24.0 Å². The van der Waals surface area contributed by atoms with Crippen molar-refractivity contribution in [3.63, 3.8) is 0 Å². The largest absolute Gasteiger partial charge is 0.377 e. The van der Waals surface area contributed by atoms with Gasteiger partial charge in [-0.1, -0.05) is 24.3 Å². The minimum Gasteiger partial charge on any atom is -0.377 e. The molecular weight excluding hydrogens is 441 g/mol. The molecule has 150 valence electrons. The standard InChI is InChI=1S/C20H35N3O2.HI/c1-8-21-18(23-15-20(5,6)24-7)22-13-16-10-9-11-17(12-16)14-25-19(2,3)4;/h9-12H,8,13-15H2,1-7H3,(H2,21,22,23);1H. The molecule has 0 heterocycles. The number of hydrogen-bond acceptors (Lipinski definition) is 3. The molecule has 0 aliphatic heterocycles. The van der Waals surface area contributed by atoms with Crippen molar-refractivity contribution in [2.45, 2.75) is 65.9 Å². The number of nitrogens with one attached hydrogen (secondary N) is 2. The second-order valence-corrected chi connectivity index (χ2v) is 7.73. The van der Waals surface area contributed by atoms with Crippen molar-refractivity contribution >= 4 is 29.9 Å². The summed E-state index contributed by atoms with van der Waals surface area (Å²) in [5, 5.41) is 6.60. The molecule has 0 aliphatic rings. The third kappa shape index (κ3) is 11.0. The zero-order valence-electron chi connectivity index (χ0n) is 17.3. The molecule has 0 fully saturated rings. The van der Waals surface area contributed by atoms with Crippen LogP contribution in [0, 0.1) is 0 Å². The zero-order chi connectivity index (χ0) is 18.9. The van der Waals surface area contributed by atoms with Crippen molar-refractivity contribution in [1.29, 1.82) is 0 Å². The minimum atomic E-state index is -0.236. The number of halogens is 1. The second kappa shape index (κ2) is 11.8. The van der Waals surface area contributed by atoms with Gasteiger partial charge in [-0.2, -0.15) is 0 Å². The third-order valence-electron chi connectivity index (χ3n) is 3.66. The lowest BCUT2D eigenvalue weighted by atomic mass is 10.1. The monoisotopic (exact) mass is 477 g/mol. The van der Waals surface area contributed by atoms with E-state index in [9.17, 15) is 0 Å². The molecule has 0 spiro atoms. The predicted octanol–water partition coefficient (Wildman–Crippen LogP) is 4.10. The van der Waals surface area contributed by atoms with E-state index in [0.717, 1.165) is 12.5 Å². The van der Waals surface area contributed by atoms with Crippen LogP contribution in [0.15, 0.2) is 29.3 Å². The van der Waals surface area contributed by atoms with E-state index >= 15 is 0 Å². The van der Waals surface area contributed by atoms with Gasteiger partial charge in [-0.25, -0.2) is 4.99 Å². The smallest absolute Gasteiger partial charge is 0.191 e. The van der Waals surface area contributed by atoms with Crippen molar-refractivity contribution in [2.24, 2.45) is 4.99 Å². The third-order valence-corrected chi connectivity index (χ3v) is 3.66. The molecule has 0 atom stereocenters. The number of rotatable bonds is 8. The number of guanidine groups is 1. The number of benzene rings is 1. The van der Waals surface area contributed by atoms with Gasteiger partial charge in [0.2, 0.25) is 0 Å². The predicted molar refractivity (Wildman–Crippen MR) is 120 cm³/mol. The first-order valence-electron chi connectivity index (χ1n) is 8.94. The van der Waals surface area contributed by atoms with E-state index in [-0.39, 0.29) is 35.2 Å². The van der Waals surface area contributed by atoms with Gasteiger partial charge in [0.25, 0.3) is 0 Å². The Hall–Kier alpha value is -0.860. The molecular formula is C20H36IN3O2. The van der Waals surface area contributed by atoms with E-state index in [2.05, 4.69) is 67.6 Å². The molecule has 1 aromatic rings. The van der Waals surface area contributed by atoms with Crippen LogP contribution in [0.4, 0.5) is 0 Å². The van der Waals surface area contributed by atoms with Crippen LogP contribution in [0.2, 0.25) is 0 Å². The second-order valence-electron chi connectivity index (χ2n) is 7.73. The minimum absolute atomic E-state index is 0. The summed E-state index contributed by atoms with van der Waals surface area (Å²) in [5.41, 5.74) is 1.96. The Morgan fingerprint density at radius 1 is 1.08 bits per heavy atom. The topological polar surface area (TPSA) is 54.9 Å². The van der Waals surface area contributed by atoms with Gasteiger partial charge in [0.15, 0.2) is 5.96 Å². The summed E-state index contributed by atoms with van der Waals surface area (Å²) in [5.74, 6) is 0.795. The molecule has 6 heteroatoms. The molecule has 0 aliphatic carbocycles. The van der Waals surface area contributed by atoms with Gasteiger partial charge in [-0.05, 0) is 52.7 Å². The van der Waals surface area contributed by atoms with Gasteiger partial charge < -0.3 is 20.1 Å². The maximum Gasteiger partial charge on any atom is 0.191 e. The van der Waals surface area contributed by atoms with Crippen molar-refractivity contribution in [3.05, 3.63) is 35.4 Å². The molecule has 0 aromatic heterocycles. The Kier molecular flexibility index (Phi) is 11.4. The fraction of sp³-hybridized carbons (Fsp3) is 0.650. The first-order chi connectivity index (χ1) is 11.6. The zero-order valence-corrected chi connectivity index (χ0v) is 19.6. The molecule has 0 saturated heterocycles. The number of aliphatic imine (C=N–C) groups is 1. The molecule has 5 nitrogen and oxygen atoms in total. The average Bonchev–Trinajstić information content (AvgIpc) is 2.55. The molecule has 2 N–H and O–H groups in total. The Bertz CT molecular complexity index is 554. The summed E-state index contributed by atoms with van der Waals surface area (Å²) >= 11 is 0. The van der Waals surface area contributed by atoms with Gasteiger partial charge in [0.05, 0.1) is 24.4 Å². The van der Waals surface area contributed by atoms with Crippen LogP contribution in [0.1, 0.15) is 52.7 Å². The fourth-order valence-corrected chi connectivity index (χ4v) is 2.00. The van der Waals surface area contributed by atoms with Crippen LogP contribution in [-0.4, -0.2) is 37.4 Å². The lowest BCUT2D eigenvalue weighted by Gasteiger charge is -2.24. The summed E-state index contributed by atoms with van der Waals surface area (Å²) in [7, 11) is 1.72. The van der Waals surface area contributed by atoms with Crippen molar-refractivity contribution < 1.29 is 9.47 Å². The molecule has 1 aromatic carbocycles. The van der Waals surface area contributed by atoms with Gasteiger partial charge in [0, 0.05) is 20.2 Å². The van der Waals surface area contributed by atoms with Crippen molar-refractivity contribution in [3.8, 4) is 0 Å². The maximum atomic E-state index is 5.85. The quantitative estimate of drug-likeness (QED) is 0.336. The lowest BCUT2D eigenvalue weighted by Crippen LogP contribution is -2.45. The highest BCUT2D eigenvalue weighted by Crippen LogP contribution is 2.13. The highest BCUT2D eigenvalue weighted by molar-refractivity contribution is 14.0. The van der Waals surface area contributed by atoms with Crippen LogP contribution in [0.25, 0.3) is 0 Å². The molecule has 0 unspecified atom stereocenters. The first-order valence-corrected chi connectivity index (χ1v) is 8.94. The lowest BCUT2D eigenvalue weighted by molar-refractivity contribution is -0.0149. The van der Waals surface area contributed by atoms with Gasteiger partial charge in [-0.3, -0.25) is 0 Å². The molecule has 26 heavy (non-hydrogen) atoms. The van der Waals surface area contributed by atoms with E-state index < -0.39 is 0 Å². The van der Waals surface area contributed by atoms with Crippen LogP contribution < -0.4 is 10.6 Å². The van der Waals surface area contributed by atoms with E-state index in [1.54, 1.807) is 7.11 Å². The highest BCUT2D eigenvalue weighted by Gasteiger charge is 2.16. The summed E-state index contributed by atoms with van der Waals surface area (Å²) < 4.78 is 11.3. The number of methoxy groups -OCH3 is 1. The Balaban J connectivity index is 0.00000625. The summed E-state index contributed by atoms with van der Waals surface area (Å²) in [4.78, 5) is 4.67. The highest BCUT2D eigenvalue weighted by atomic mass is 127. The van der Waals surface area contributed by atoms with E-state index in [0.29, 0.717) is 19.7 Å². The van der Waals surface area contributed by atoms with Gasteiger partial charge >= 0.3 is 0 Å². The Morgan fingerprint density at radius 2 is 1.73 bits per heavy atom. The summed E-state index contributed by atoms with van der Waals surface area (Å²) in [6, 6.07) is 8.38. The Morgan fingerprint density at radius 3 is 2.31 bits per heavy atom. The number of nitrogens with zero attached hydrogens (tertiary/aromatic N) is 1. The normalized spacial score (nSPS) is 12.5. The number of ether oxygens (including phenoxy) is 2. The molecule has 0 radical (unpaired) electrons. The summed E-state index contributed by atoms with van der Waals surface area (Å²) in [6.45, 7) is 15.1. The number of hydrogen-bond donors (Lipinski definition) is 2. The summed E-state index contributed by atoms with van der Waals surface area (Å²) in [6.07, 6.45) is 0.